The first-order chi connectivity index (χ1) is 17.8. The zero-order valence-electron chi connectivity index (χ0n) is 20.4. The van der Waals surface area contributed by atoms with Gasteiger partial charge in [0.1, 0.15) is 11.5 Å². The van der Waals surface area contributed by atoms with Gasteiger partial charge in [0.15, 0.2) is 0 Å². The topological polar surface area (TPSA) is 88.6 Å². The van der Waals surface area contributed by atoms with E-state index in [0.717, 1.165) is 18.4 Å². The minimum absolute atomic E-state index is 0.0477. The second-order valence-electron chi connectivity index (χ2n) is 8.80. The Hall–Kier alpha value is -3.78. The molecule has 9 heteroatoms. The van der Waals surface area contributed by atoms with Gasteiger partial charge in [0.05, 0.1) is 13.0 Å². The van der Waals surface area contributed by atoms with Crippen molar-refractivity contribution in [3.8, 4) is 0 Å². The number of nitrogens with one attached hydrogen (secondary N) is 1. The lowest BCUT2D eigenvalue weighted by molar-refractivity contribution is -0.115. The van der Waals surface area contributed by atoms with Crippen molar-refractivity contribution in [2.24, 2.45) is 0 Å². The summed E-state index contributed by atoms with van der Waals surface area (Å²) in [5, 5.41) is 3.06. The first-order valence-electron chi connectivity index (χ1n) is 12.1. The second kappa shape index (κ2) is 12.0. The van der Waals surface area contributed by atoms with Gasteiger partial charge >= 0.3 is 5.97 Å². The van der Waals surface area contributed by atoms with Crippen LogP contribution in [-0.2, 0) is 16.0 Å². The molecule has 1 aliphatic rings. The van der Waals surface area contributed by atoms with Crippen molar-refractivity contribution in [2.75, 3.05) is 25.0 Å². The Morgan fingerprint density at radius 2 is 1.81 bits per heavy atom. The third kappa shape index (κ3) is 6.71. The fraction of sp³-hybridized carbons (Fsp3) is 0.286. The number of carbonyl (C=O) groups excluding carboxylic acids is 3. The van der Waals surface area contributed by atoms with Crippen LogP contribution < -0.4 is 5.32 Å². The van der Waals surface area contributed by atoms with E-state index in [-0.39, 0.29) is 35.6 Å². The van der Waals surface area contributed by atoms with Crippen LogP contribution in [0.15, 0.2) is 60.8 Å². The number of anilines is 1. The summed E-state index contributed by atoms with van der Waals surface area (Å²) < 4.78 is 18.2. The molecule has 1 aliphatic heterocycles. The Morgan fingerprint density at radius 1 is 1.08 bits per heavy atom. The number of ether oxygens (including phenoxy) is 1. The molecule has 0 radical (unpaired) electrons. The number of halogens is 2. The fourth-order valence-electron chi connectivity index (χ4n) is 4.36. The zero-order chi connectivity index (χ0) is 26.4. The number of pyridine rings is 1. The van der Waals surface area contributed by atoms with Gasteiger partial charge in [-0.3, -0.25) is 9.59 Å². The first-order valence-corrected chi connectivity index (χ1v) is 12.5. The molecule has 1 N–H and O–H groups in total. The first kappa shape index (κ1) is 26.3. The number of piperidine rings is 1. The van der Waals surface area contributed by atoms with Gasteiger partial charge in [-0.1, -0.05) is 29.8 Å². The minimum Gasteiger partial charge on any atom is -0.461 e. The maximum Gasteiger partial charge on any atom is 0.356 e. The lowest BCUT2D eigenvalue weighted by Gasteiger charge is -2.32. The number of rotatable bonds is 7. The smallest absolute Gasteiger partial charge is 0.356 e. The molecule has 1 aromatic heterocycles. The molecule has 0 bridgehead atoms. The van der Waals surface area contributed by atoms with Crippen molar-refractivity contribution in [2.45, 2.75) is 32.1 Å². The molecule has 0 saturated carbocycles. The van der Waals surface area contributed by atoms with Crippen LogP contribution in [-0.4, -0.2) is 47.4 Å². The highest BCUT2D eigenvalue weighted by Gasteiger charge is 2.25. The molecule has 1 fully saturated rings. The Kier molecular flexibility index (Phi) is 8.50. The molecule has 0 atom stereocenters. The lowest BCUT2D eigenvalue weighted by atomic mass is 9.89. The highest BCUT2D eigenvalue weighted by Crippen LogP contribution is 2.29. The second-order valence-corrected chi connectivity index (χ2v) is 9.21. The van der Waals surface area contributed by atoms with Crippen molar-refractivity contribution >= 4 is 35.1 Å². The summed E-state index contributed by atoms with van der Waals surface area (Å²) in [6.45, 7) is 3.15. The predicted octanol–water partition coefficient (Wildman–Crippen LogP) is 5.25. The van der Waals surface area contributed by atoms with Crippen LogP contribution in [0.25, 0.3) is 0 Å². The van der Waals surface area contributed by atoms with Crippen LogP contribution in [0, 0.1) is 5.82 Å². The molecule has 37 heavy (non-hydrogen) atoms. The van der Waals surface area contributed by atoms with Gasteiger partial charge in [0.2, 0.25) is 5.91 Å². The van der Waals surface area contributed by atoms with E-state index in [1.807, 2.05) is 24.3 Å². The molecule has 192 valence electrons. The molecule has 0 aliphatic carbocycles. The fourth-order valence-corrected chi connectivity index (χ4v) is 4.59. The van der Waals surface area contributed by atoms with Gasteiger partial charge in [0, 0.05) is 35.6 Å². The van der Waals surface area contributed by atoms with E-state index in [9.17, 15) is 18.8 Å². The van der Waals surface area contributed by atoms with E-state index in [4.69, 9.17) is 16.3 Å². The van der Waals surface area contributed by atoms with Crippen molar-refractivity contribution in [3.05, 3.63) is 94.0 Å². The maximum atomic E-state index is 13.2. The average Bonchev–Trinajstić information content (AvgIpc) is 2.91. The number of hydrogen-bond donors (Lipinski definition) is 1. The van der Waals surface area contributed by atoms with E-state index < -0.39 is 11.8 Å². The van der Waals surface area contributed by atoms with Gasteiger partial charge in [-0.15, -0.1) is 0 Å². The number of esters is 1. The third-order valence-corrected chi connectivity index (χ3v) is 6.66. The normalized spacial score (nSPS) is 13.8. The highest BCUT2D eigenvalue weighted by atomic mass is 35.5. The van der Waals surface area contributed by atoms with E-state index in [2.05, 4.69) is 10.3 Å². The van der Waals surface area contributed by atoms with Crippen LogP contribution in [0.2, 0.25) is 5.02 Å². The number of benzene rings is 2. The number of nitrogens with zero attached hydrogens (tertiary/aromatic N) is 2. The van der Waals surface area contributed by atoms with Gasteiger partial charge < -0.3 is 15.0 Å². The molecular weight excluding hydrogens is 497 g/mol. The van der Waals surface area contributed by atoms with Gasteiger partial charge in [0.25, 0.3) is 5.91 Å². The monoisotopic (exact) mass is 523 g/mol. The zero-order valence-corrected chi connectivity index (χ0v) is 21.1. The molecule has 2 aromatic carbocycles. The van der Waals surface area contributed by atoms with Crippen LogP contribution >= 0.6 is 11.6 Å². The third-order valence-electron chi connectivity index (χ3n) is 6.31. The molecule has 1 saturated heterocycles. The summed E-state index contributed by atoms with van der Waals surface area (Å²) in [5.74, 6) is -1.07. The van der Waals surface area contributed by atoms with Crippen molar-refractivity contribution < 1.29 is 23.5 Å². The summed E-state index contributed by atoms with van der Waals surface area (Å²) in [6, 6.07) is 14.7. The molecule has 4 rings (SSSR count). The summed E-state index contributed by atoms with van der Waals surface area (Å²) in [4.78, 5) is 43.1. The van der Waals surface area contributed by atoms with Gasteiger partial charge in [-0.25, -0.2) is 14.2 Å². The number of aromatic nitrogens is 1. The van der Waals surface area contributed by atoms with E-state index in [1.54, 1.807) is 17.9 Å². The number of likely N-dealkylation sites (tertiary alicyclic amines) is 1. The number of amides is 2. The Balaban J connectivity index is 1.30. The van der Waals surface area contributed by atoms with Crippen molar-refractivity contribution in [1.29, 1.82) is 0 Å². The van der Waals surface area contributed by atoms with Gasteiger partial charge in [-0.2, -0.15) is 0 Å². The largest absolute Gasteiger partial charge is 0.461 e. The maximum absolute atomic E-state index is 13.2. The molecule has 0 spiro atoms. The standard InChI is InChI=1S/C28H27ClFN3O4/c1-2-37-28(36)25-15-21(9-12-31-25)27(35)33-13-10-19(11-14-33)18-4-7-23(8-5-18)32-26(34)16-20-3-6-22(30)17-24(20)29/h3-9,12,15,17,19H,2,10-11,13-14,16H2,1H3,(H,32,34). The number of hydrogen-bond acceptors (Lipinski definition) is 5. The summed E-state index contributed by atoms with van der Waals surface area (Å²) in [6.07, 6.45) is 3.10. The van der Waals surface area contributed by atoms with E-state index >= 15 is 0 Å². The minimum atomic E-state index is -0.547. The molecular formula is C28H27ClFN3O4. The Labute approximate surface area is 219 Å². The summed E-state index contributed by atoms with van der Waals surface area (Å²) >= 11 is 6.01. The molecule has 7 nitrogen and oxygen atoms in total. The highest BCUT2D eigenvalue weighted by molar-refractivity contribution is 6.31. The summed E-state index contributed by atoms with van der Waals surface area (Å²) in [7, 11) is 0. The lowest BCUT2D eigenvalue weighted by Crippen LogP contribution is -2.38. The van der Waals surface area contributed by atoms with Crippen LogP contribution in [0.5, 0.6) is 0 Å². The average molecular weight is 524 g/mol. The SMILES string of the molecule is CCOC(=O)c1cc(C(=O)N2CCC(c3ccc(NC(=O)Cc4ccc(F)cc4Cl)cc3)CC2)ccn1. The van der Waals surface area contributed by atoms with E-state index in [1.165, 1.54) is 30.5 Å². The van der Waals surface area contributed by atoms with Crippen LogP contribution in [0.3, 0.4) is 0 Å². The Bertz CT molecular complexity index is 1290. The quantitative estimate of drug-likeness (QED) is 0.427. The Morgan fingerprint density at radius 3 is 2.49 bits per heavy atom. The molecule has 0 unspecified atom stereocenters. The predicted molar refractivity (Wildman–Crippen MR) is 138 cm³/mol. The molecule has 2 heterocycles. The number of carbonyl (C=O) groups is 3. The van der Waals surface area contributed by atoms with Crippen LogP contribution in [0.4, 0.5) is 10.1 Å². The van der Waals surface area contributed by atoms with Crippen molar-refractivity contribution in [1.82, 2.24) is 9.88 Å². The van der Waals surface area contributed by atoms with Gasteiger partial charge in [-0.05, 0) is 73.2 Å². The van der Waals surface area contributed by atoms with E-state index in [0.29, 0.717) is 35.8 Å². The molecule has 3 aromatic rings. The molecule has 2 amide bonds. The van der Waals surface area contributed by atoms with Crippen LogP contribution in [0.1, 0.15) is 57.7 Å². The van der Waals surface area contributed by atoms with Crippen molar-refractivity contribution in [3.63, 3.8) is 0 Å². The summed E-state index contributed by atoms with van der Waals surface area (Å²) in [5.41, 5.74) is 2.89.